The molecule has 5 nitrogen and oxygen atoms in total. The smallest absolute Gasteiger partial charge is 0.239 e. The number of nitrogens with one attached hydrogen (secondary N) is 1. The van der Waals surface area contributed by atoms with Crippen molar-refractivity contribution in [1.82, 2.24) is 10.2 Å². The molecule has 1 unspecified atom stereocenters. The lowest BCUT2D eigenvalue weighted by Crippen LogP contribution is -2.45. The largest absolute Gasteiger partial charge is 0.383 e. The number of hydrogen-bond acceptors (Lipinski definition) is 3. The molecule has 1 fully saturated rings. The SMILES string of the molecule is COCC(C)NC(=O)CN1CCCCCCC1=O. The Bertz CT molecular complexity index is 281. The van der Waals surface area contributed by atoms with Gasteiger partial charge in [0.05, 0.1) is 13.2 Å². The van der Waals surface area contributed by atoms with Crippen LogP contribution < -0.4 is 5.32 Å². The van der Waals surface area contributed by atoms with E-state index < -0.39 is 0 Å². The van der Waals surface area contributed by atoms with Crippen LogP contribution in [0, 0.1) is 0 Å². The van der Waals surface area contributed by atoms with Crippen LogP contribution in [0.3, 0.4) is 0 Å². The van der Waals surface area contributed by atoms with Gasteiger partial charge in [-0.3, -0.25) is 9.59 Å². The lowest BCUT2D eigenvalue weighted by molar-refractivity contribution is -0.136. The summed E-state index contributed by atoms with van der Waals surface area (Å²) in [6.45, 7) is 3.24. The second-order valence-electron chi connectivity index (χ2n) is 4.90. The molecule has 1 aliphatic heterocycles. The van der Waals surface area contributed by atoms with Crippen LogP contribution in [-0.4, -0.2) is 49.6 Å². The Balaban J connectivity index is 2.38. The average molecular weight is 256 g/mol. The fourth-order valence-corrected chi connectivity index (χ4v) is 2.17. The van der Waals surface area contributed by atoms with Gasteiger partial charge < -0.3 is 15.0 Å². The van der Waals surface area contributed by atoms with E-state index in [1.807, 2.05) is 6.92 Å². The predicted molar refractivity (Wildman–Crippen MR) is 69.1 cm³/mol. The molecule has 0 aromatic heterocycles. The van der Waals surface area contributed by atoms with E-state index in [0.29, 0.717) is 19.6 Å². The number of methoxy groups -OCH3 is 1. The first-order valence-corrected chi connectivity index (χ1v) is 6.69. The van der Waals surface area contributed by atoms with Crippen LogP contribution in [0.4, 0.5) is 0 Å². The van der Waals surface area contributed by atoms with E-state index in [0.717, 1.165) is 25.7 Å². The molecule has 2 amide bonds. The van der Waals surface area contributed by atoms with E-state index in [1.54, 1.807) is 12.0 Å². The number of rotatable bonds is 5. The van der Waals surface area contributed by atoms with Crippen molar-refractivity contribution in [3.63, 3.8) is 0 Å². The van der Waals surface area contributed by atoms with Crippen LogP contribution in [0.5, 0.6) is 0 Å². The number of nitrogens with zero attached hydrogens (tertiary/aromatic N) is 1. The third-order valence-corrected chi connectivity index (χ3v) is 3.08. The minimum Gasteiger partial charge on any atom is -0.383 e. The monoisotopic (exact) mass is 256 g/mol. The van der Waals surface area contributed by atoms with Crippen LogP contribution in [0.25, 0.3) is 0 Å². The lowest BCUT2D eigenvalue weighted by Gasteiger charge is -2.25. The summed E-state index contributed by atoms with van der Waals surface area (Å²) in [4.78, 5) is 25.3. The molecule has 104 valence electrons. The number of carbonyl (C=O) groups excluding carboxylic acids is 2. The fraction of sp³-hybridized carbons (Fsp3) is 0.846. The molecule has 0 bridgehead atoms. The molecule has 18 heavy (non-hydrogen) atoms. The zero-order chi connectivity index (χ0) is 13.4. The number of hydrogen-bond donors (Lipinski definition) is 1. The Morgan fingerprint density at radius 2 is 2.11 bits per heavy atom. The number of carbonyl (C=O) groups is 2. The van der Waals surface area contributed by atoms with Crippen molar-refractivity contribution in [2.24, 2.45) is 0 Å². The van der Waals surface area contributed by atoms with Crippen LogP contribution in [0.2, 0.25) is 0 Å². The van der Waals surface area contributed by atoms with E-state index in [4.69, 9.17) is 4.74 Å². The Morgan fingerprint density at radius 3 is 2.83 bits per heavy atom. The van der Waals surface area contributed by atoms with Gasteiger partial charge >= 0.3 is 0 Å². The van der Waals surface area contributed by atoms with Gasteiger partial charge in [-0.25, -0.2) is 0 Å². The van der Waals surface area contributed by atoms with E-state index in [2.05, 4.69) is 5.32 Å². The maximum absolute atomic E-state index is 11.8. The van der Waals surface area contributed by atoms with Crippen molar-refractivity contribution < 1.29 is 14.3 Å². The van der Waals surface area contributed by atoms with Crippen LogP contribution in [0.15, 0.2) is 0 Å². The molecule has 0 aromatic rings. The standard InChI is InChI=1S/C13H24N2O3/c1-11(10-18-2)14-12(16)9-15-8-6-4-3-5-7-13(15)17/h11H,3-10H2,1-2H3,(H,14,16). The van der Waals surface area contributed by atoms with E-state index in [-0.39, 0.29) is 24.4 Å². The van der Waals surface area contributed by atoms with Crippen LogP contribution >= 0.6 is 0 Å². The van der Waals surface area contributed by atoms with Crippen LogP contribution in [0.1, 0.15) is 39.0 Å². The molecule has 1 atom stereocenters. The molecular formula is C13H24N2O3. The Hall–Kier alpha value is -1.10. The zero-order valence-corrected chi connectivity index (χ0v) is 11.4. The lowest BCUT2D eigenvalue weighted by atomic mass is 10.1. The molecule has 1 N–H and O–H groups in total. The topological polar surface area (TPSA) is 58.6 Å². The third-order valence-electron chi connectivity index (χ3n) is 3.08. The first kappa shape index (κ1) is 15.0. The molecule has 0 aromatic carbocycles. The highest BCUT2D eigenvalue weighted by Crippen LogP contribution is 2.11. The van der Waals surface area contributed by atoms with Crippen molar-refractivity contribution >= 4 is 11.8 Å². The van der Waals surface area contributed by atoms with Gasteiger partial charge in [-0.05, 0) is 19.8 Å². The van der Waals surface area contributed by atoms with Gasteiger partial charge in [0.25, 0.3) is 0 Å². The predicted octanol–water partition coefficient (Wildman–Crippen LogP) is 0.930. The van der Waals surface area contributed by atoms with Crippen molar-refractivity contribution in [1.29, 1.82) is 0 Å². The minimum absolute atomic E-state index is 0.0210. The maximum Gasteiger partial charge on any atom is 0.239 e. The van der Waals surface area contributed by atoms with Crippen LogP contribution in [-0.2, 0) is 14.3 Å². The summed E-state index contributed by atoms with van der Waals surface area (Å²) in [5.41, 5.74) is 0. The molecule has 0 spiro atoms. The highest BCUT2D eigenvalue weighted by Gasteiger charge is 2.18. The van der Waals surface area contributed by atoms with Crippen molar-refractivity contribution in [3.8, 4) is 0 Å². The summed E-state index contributed by atoms with van der Waals surface area (Å²) in [6, 6.07) is -0.0210. The Labute approximate surface area is 109 Å². The van der Waals surface area contributed by atoms with Crippen molar-refractivity contribution in [2.75, 3.05) is 26.8 Å². The summed E-state index contributed by atoms with van der Waals surface area (Å²) < 4.78 is 4.96. The molecule has 0 saturated carbocycles. The number of amides is 2. The quantitative estimate of drug-likeness (QED) is 0.796. The normalized spacial score (nSPS) is 19.0. The molecular weight excluding hydrogens is 232 g/mol. The Kier molecular flexibility index (Phi) is 6.72. The number of likely N-dealkylation sites (tertiary alicyclic amines) is 1. The average Bonchev–Trinajstić information content (AvgIpc) is 2.29. The minimum atomic E-state index is -0.103. The van der Waals surface area contributed by atoms with Crippen molar-refractivity contribution in [3.05, 3.63) is 0 Å². The second-order valence-corrected chi connectivity index (χ2v) is 4.90. The van der Waals surface area contributed by atoms with Gasteiger partial charge in [0.1, 0.15) is 0 Å². The molecule has 5 heteroatoms. The molecule has 1 rings (SSSR count). The second kappa shape index (κ2) is 8.08. The first-order valence-electron chi connectivity index (χ1n) is 6.69. The summed E-state index contributed by atoms with van der Waals surface area (Å²) in [6.07, 6.45) is 4.77. The van der Waals surface area contributed by atoms with E-state index in [1.165, 1.54) is 0 Å². The van der Waals surface area contributed by atoms with Gasteiger partial charge in [0.2, 0.25) is 11.8 Å². The third kappa shape index (κ3) is 5.49. The van der Waals surface area contributed by atoms with Gasteiger partial charge in [-0.15, -0.1) is 0 Å². The highest BCUT2D eigenvalue weighted by atomic mass is 16.5. The van der Waals surface area contributed by atoms with Gasteiger partial charge in [-0.1, -0.05) is 12.8 Å². The molecule has 1 heterocycles. The Morgan fingerprint density at radius 1 is 1.39 bits per heavy atom. The molecule has 0 radical (unpaired) electrons. The van der Waals surface area contributed by atoms with Gasteiger partial charge in [0.15, 0.2) is 0 Å². The summed E-state index contributed by atoms with van der Waals surface area (Å²) in [5, 5.41) is 2.83. The summed E-state index contributed by atoms with van der Waals surface area (Å²) in [5.74, 6) is -0.00211. The number of ether oxygens (including phenoxy) is 1. The zero-order valence-electron chi connectivity index (χ0n) is 11.4. The first-order chi connectivity index (χ1) is 8.63. The van der Waals surface area contributed by atoms with Gasteiger partial charge in [0, 0.05) is 26.1 Å². The van der Waals surface area contributed by atoms with E-state index in [9.17, 15) is 9.59 Å². The molecule has 0 aliphatic carbocycles. The molecule has 1 saturated heterocycles. The van der Waals surface area contributed by atoms with E-state index >= 15 is 0 Å². The highest BCUT2D eigenvalue weighted by molar-refractivity contribution is 5.84. The summed E-state index contributed by atoms with van der Waals surface area (Å²) in [7, 11) is 1.60. The maximum atomic E-state index is 11.8. The van der Waals surface area contributed by atoms with Gasteiger partial charge in [-0.2, -0.15) is 0 Å². The molecule has 1 aliphatic rings. The fourth-order valence-electron chi connectivity index (χ4n) is 2.17. The van der Waals surface area contributed by atoms with Crippen molar-refractivity contribution in [2.45, 2.75) is 45.1 Å². The summed E-state index contributed by atoms with van der Waals surface area (Å²) >= 11 is 0.